The predicted octanol–water partition coefficient (Wildman–Crippen LogP) is 17.6. The van der Waals surface area contributed by atoms with Crippen LogP contribution in [0, 0.1) is 0 Å². The highest BCUT2D eigenvalue weighted by molar-refractivity contribution is 5.94. The molecule has 0 aliphatic carbocycles. The molecule has 9 aromatic carbocycles. The van der Waals surface area contributed by atoms with Gasteiger partial charge in [0.05, 0.1) is 39.8 Å². The average molecular weight is 968 g/mol. The molecule has 0 atom stereocenters. The molecular weight excluding hydrogens is 915 g/mol. The normalized spacial score (nSPS) is 13.8. The summed E-state index contributed by atoms with van der Waals surface area (Å²) in [5, 5.41) is 0. The van der Waals surface area contributed by atoms with Gasteiger partial charge in [0.2, 0.25) is 0 Å². The zero-order valence-electron chi connectivity index (χ0n) is 42.3. The Hall–Kier alpha value is -9.46. The van der Waals surface area contributed by atoms with Crippen molar-refractivity contribution in [2.45, 2.75) is 38.5 Å². The third kappa shape index (κ3) is 7.92. The second kappa shape index (κ2) is 18.2. The molecule has 2 aliphatic rings. The van der Waals surface area contributed by atoms with Gasteiger partial charge < -0.3 is 14.7 Å². The maximum atomic E-state index is 5.10. The van der Waals surface area contributed by atoms with E-state index in [9.17, 15) is 0 Å². The lowest BCUT2D eigenvalue weighted by atomic mass is 9.73. The molecule has 4 heterocycles. The van der Waals surface area contributed by atoms with Crippen LogP contribution in [-0.2, 0) is 10.8 Å². The number of fused-ring (bicyclic) bond motifs is 4. The van der Waals surface area contributed by atoms with Gasteiger partial charge in [-0.1, -0.05) is 173 Å². The second-order valence-electron chi connectivity index (χ2n) is 20.4. The molecule has 7 nitrogen and oxygen atoms in total. The molecule has 0 radical (unpaired) electrons. The third-order valence-corrected chi connectivity index (χ3v) is 15.2. The van der Waals surface area contributed by atoms with Crippen LogP contribution in [0.3, 0.4) is 0 Å². The lowest BCUT2D eigenvalue weighted by molar-refractivity contribution is 0.631. The van der Waals surface area contributed by atoms with E-state index in [4.69, 9.17) is 15.0 Å². The molecule has 0 N–H and O–H groups in total. The number of anilines is 9. The van der Waals surface area contributed by atoms with Gasteiger partial charge in [0.25, 0.3) is 0 Å². The van der Waals surface area contributed by atoms with E-state index in [1.54, 1.807) is 0 Å². The smallest absolute Gasteiger partial charge is 0.164 e. The van der Waals surface area contributed by atoms with Gasteiger partial charge >= 0.3 is 0 Å². The van der Waals surface area contributed by atoms with E-state index in [-0.39, 0.29) is 10.8 Å². The fourth-order valence-electron chi connectivity index (χ4n) is 11.4. The highest BCUT2D eigenvalue weighted by atomic mass is 15.2. The van der Waals surface area contributed by atoms with Crippen molar-refractivity contribution in [1.82, 2.24) is 19.9 Å². The molecule has 0 saturated carbocycles. The number of hydrogen-bond donors (Lipinski definition) is 0. The zero-order valence-corrected chi connectivity index (χ0v) is 42.3. The number of benzene rings is 9. The topological polar surface area (TPSA) is 61.3 Å². The fraction of sp³-hybridized carbons (Fsp3) is 0.0882. The number of hydrogen-bond acceptors (Lipinski definition) is 7. The lowest BCUT2D eigenvalue weighted by Crippen LogP contribution is -2.31. The number of pyridine rings is 1. The van der Waals surface area contributed by atoms with Gasteiger partial charge in [0.15, 0.2) is 17.5 Å². The van der Waals surface area contributed by atoms with E-state index in [1.165, 1.54) is 22.3 Å². The molecule has 75 heavy (non-hydrogen) atoms. The predicted molar refractivity (Wildman–Crippen MR) is 308 cm³/mol. The first-order valence-corrected chi connectivity index (χ1v) is 25.6. The summed E-state index contributed by atoms with van der Waals surface area (Å²) in [5.41, 5.74) is 19.3. The van der Waals surface area contributed by atoms with E-state index in [0.717, 1.165) is 79.0 Å². The van der Waals surface area contributed by atoms with Crippen molar-refractivity contribution in [3.05, 3.63) is 271 Å². The molecule has 13 rings (SSSR count). The van der Waals surface area contributed by atoms with Crippen LogP contribution in [0.5, 0.6) is 0 Å². The van der Waals surface area contributed by atoms with Crippen LogP contribution < -0.4 is 14.7 Å². The van der Waals surface area contributed by atoms with Gasteiger partial charge in [0.1, 0.15) is 0 Å². The van der Waals surface area contributed by atoms with Crippen molar-refractivity contribution < 1.29 is 0 Å². The molecule has 11 aromatic rings. The molecule has 7 heteroatoms. The SMILES string of the molecule is CC1(C)c2ccccc2N(c2cc(N(c3ccc(-c4ccncc4)cc3)c3ccc(-c4nc(-c5ccccc5)nc(-c5ccccc5)n4)cc3)cc(N3c4ccccc4C(C)(C)c4ccccc43)c2)c2ccccc21. The summed E-state index contributed by atoms with van der Waals surface area (Å²) in [6.07, 6.45) is 3.69. The number of nitrogens with zero attached hydrogens (tertiary/aromatic N) is 7. The van der Waals surface area contributed by atoms with Crippen molar-refractivity contribution >= 4 is 51.2 Å². The van der Waals surface area contributed by atoms with Crippen LogP contribution >= 0.6 is 0 Å². The Kier molecular flexibility index (Phi) is 11.0. The Labute approximate surface area is 438 Å². The van der Waals surface area contributed by atoms with Crippen LogP contribution in [0.2, 0.25) is 0 Å². The van der Waals surface area contributed by atoms with Crippen LogP contribution in [0.1, 0.15) is 49.9 Å². The number of rotatable bonds is 9. The van der Waals surface area contributed by atoms with Crippen molar-refractivity contribution in [3.8, 4) is 45.3 Å². The van der Waals surface area contributed by atoms with Gasteiger partial charge in [0, 0.05) is 51.3 Å². The fourth-order valence-corrected chi connectivity index (χ4v) is 11.4. The third-order valence-electron chi connectivity index (χ3n) is 15.2. The average Bonchev–Trinajstić information content (AvgIpc) is 3.47. The highest BCUT2D eigenvalue weighted by Crippen LogP contribution is 2.56. The zero-order chi connectivity index (χ0) is 50.7. The monoisotopic (exact) mass is 967 g/mol. The van der Waals surface area contributed by atoms with Crippen molar-refractivity contribution in [2.75, 3.05) is 14.7 Å². The van der Waals surface area contributed by atoms with Crippen LogP contribution in [0.4, 0.5) is 51.2 Å². The highest BCUT2D eigenvalue weighted by Gasteiger charge is 2.39. The van der Waals surface area contributed by atoms with Gasteiger partial charge in [-0.3, -0.25) is 4.98 Å². The molecule has 2 aliphatic heterocycles. The van der Waals surface area contributed by atoms with Crippen molar-refractivity contribution in [1.29, 1.82) is 0 Å². The maximum absolute atomic E-state index is 5.10. The van der Waals surface area contributed by atoms with E-state index in [2.05, 4.69) is 223 Å². The van der Waals surface area contributed by atoms with Crippen molar-refractivity contribution in [3.63, 3.8) is 0 Å². The summed E-state index contributed by atoms with van der Waals surface area (Å²) in [4.78, 5) is 26.8. The summed E-state index contributed by atoms with van der Waals surface area (Å²) in [5.74, 6) is 1.84. The standard InChI is InChI=1S/C68H53N7/c1-67(2)56-23-11-15-27-60(56)74(61-28-16-12-24-57(61)67)54-43-53(44-55(45-54)75-62-29-17-13-25-58(62)68(3,4)59-26-14-18-30-63(59)75)73(51-35-31-46(32-36-51)47-39-41-69-42-40-47)52-37-33-50(34-38-52)66-71-64(48-19-7-5-8-20-48)70-65(72-66)49-21-9-6-10-22-49/h5-45H,1-4H3. The quantitative estimate of drug-likeness (QED) is 0.143. The Morgan fingerprint density at radius 1 is 0.307 bits per heavy atom. The largest absolute Gasteiger partial charge is 0.310 e. The summed E-state index contributed by atoms with van der Waals surface area (Å²) in [7, 11) is 0. The Morgan fingerprint density at radius 3 is 1.01 bits per heavy atom. The summed E-state index contributed by atoms with van der Waals surface area (Å²) < 4.78 is 0. The number of aromatic nitrogens is 4. The van der Waals surface area contributed by atoms with E-state index in [0.29, 0.717) is 17.5 Å². The number of para-hydroxylation sites is 4. The van der Waals surface area contributed by atoms with Gasteiger partial charge in [-0.2, -0.15) is 0 Å². The van der Waals surface area contributed by atoms with Crippen LogP contribution in [0.25, 0.3) is 45.3 Å². The van der Waals surface area contributed by atoms with E-state index >= 15 is 0 Å². The summed E-state index contributed by atoms with van der Waals surface area (Å²) in [6, 6.07) is 84.5. The first-order chi connectivity index (χ1) is 36.7. The molecule has 0 spiro atoms. The van der Waals surface area contributed by atoms with Gasteiger partial charge in [-0.25, -0.2) is 15.0 Å². The Morgan fingerprint density at radius 2 is 0.627 bits per heavy atom. The molecule has 0 bridgehead atoms. The Bertz CT molecular complexity index is 3610. The maximum Gasteiger partial charge on any atom is 0.164 e. The molecular formula is C68H53N7. The summed E-state index contributed by atoms with van der Waals surface area (Å²) >= 11 is 0. The molecule has 360 valence electrons. The first kappa shape index (κ1) is 45.4. The Balaban J connectivity index is 1.04. The van der Waals surface area contributed by atoms with Gasteiger partial charge in [-0.15, -0.1) is 0 Å². The second-order valence-corrected chi connectivity index (χ2v) is 20.4. The molecule has 2 aromatic heterocycles. The van der Waals surface area contributed by atoms with Gasteiger partial charge in [-0.05, 0) is 124 Å². The molecule has 0 saturated heterocycles. The minimum Gasteiger partial charge on any atom is -0.310 e. The van der Waals surface area contributed by atoms with Crippen LogP contribution in [-0.4, -0.2) is 19.9 Å². The molecule has 0 unspecified atom stereocenters. The van der Waals surface area contributed by atoms with E-state index < -0.39 is 0 Å². The molecule has 0 amide bonds. The lowest BCUT2D eigenvalue weighted by Gasteiger charge is -2.44. The van der Waals surface area contributed by atoms with Crippen LogP contribution in [0.15, 0.2) is 249 Å². The summed E-state index contributed by atoms with van der Waals surface area (Å²) in [6.45, 7) is 9.37. The minimum atomic E-state index is -0.229. The van der Waals surface area contributed by atoms with E-state index in [1.807, 2.05) is 73.1 Å². The first-order valence-electron chi connectivity index (χ1n) is 25.6. The molecule has 0 fully saturated rings. The minimum absolute atomic E-state index is 0.229. The van der Waals surface area contributed by atoms with Crippen molar-refractivity contribution in [2.24, 2.45) is 0 Å².